The summed E-state index contributed by atoms with van der Waals surface area (Å²) in [6.07, 6.45) is 1.85. The van der Waals surface area contributed by atoms with Crippen molar-refractivity contribution in [2.45, 2.75) is 33.6 Å². The second-order valence-electron chi connectivity index (χ2n) is 7.95. The molecule has 1 aliphatic rings. The molecule has 0 atom stereocenters. The van der Waals surface area contributed by atoms with E-state index in [1.807, 2.05) is 32.9 Å². The number of carbonyl (C=O) groups is 3. The molecule has 0 aliphatic heterocycles. The van der Waals surface area contributed by atoms with Gasteiger partial charge in [0, 0.05) is 30.0 Å². The Morgan fingerprint density at radius 2 is 1.53 bits per heavy atom. The van der Waals surface area contributed by atoms with Crippen LogP contribution in [0.2, 0.25) is 0 Å². The van der Waals surface area contributed by atoms with Crippen molar-refractivity contribution in [1.29, 1.82) is 0 Å². The molecule has 3 N–H and O–H groups in total. The van der Waals surface area contributed by atoms with Gasteiger partial charge in [0.1, 0.15) is 6.54 Å². The number of likely N-dealkylation sites (N-methyl/N-ethyl adjacent to an activating group) is 1. The maximum absolute atomic E-state index is 12.5. The monoisotopic (exact) mass is 408 g/mol. The lowest BCUT2D eigenvalue weighted by molar-refractivity contribution is -0.117. The molecule has 0 radical (unpaired) electrons. The summed E-state index contributed by atoms with van der Waals surface area (Å²) in [4.78, 5) is 38.1. The van der Waals surface area contributed by atoms with Crippen LogP contribution in [0.4, 0.5) is 21.9 Å². The van der Waals surface area contributed by atoms with E-state index in [1.54, 1.807) is 31.3 Å². The smallest absolute Gasteiger partial charge is 0.322 e. The van der Waals surface area contributed by atoms with Crippen molar-refractivity contribution < 1.29 is 14.4 Å². The molecule has 7 heteroatoms. The highest BCUT2D eigenvalue weighted by atomic mass is 16.2. The number of urea groups is 1. The summed E-state index contributed by atoms with van der Waals surface area (Å²) in [5.41, 5.74) is 5.06. The minimum absolute atomic E-state index is 0.00829. The number of anilines is 3. The van der Waals surface area contributed by atoms with E-state index < -0.39 is 6.03 Å². The first kappa shape index (κ1) is 21.4. The zero-order chi connectivity index (χ0) is 21.8. The van der Waals surface area contributed by atoms with Gasteiger partial charge in [-0.2, -0.15) is 0 Å². The van der Waals surface area contributed by atoms with E-state index in [1.165, 1.54) is 4.90 Å². The zero-order valence-electron chi connectivity index (χ0n) is 17.8. The summed E-state index contributed by atoms with van der Waals surface area (Å²) in [7, 11) is 1.56. The number of rotatable bonds is 6. The topological polar surface area (TPSA) is 90.5 Å². The van der Waals surface area contributed by atoms with Crippen molar-refractivity contribution in [3.8, 4) is 0 Å². The van der Waals surface area contributed by atoms with Gasteiger partial charge >= 0.3 is 6.03 Å². The van der Waals surface area contributed by atoms with Gasteiger partial charge in [0.2, 0.25) is 11.8 Å². The van der Waals surface area contributed by atoms with Crippen LogP contribution in [0.25, 0.3) is 0 Å². The van der Waals surface area contributed by atoms with E-state index in [0.29, 0.717) is 11.4 Å². The fourth-order valence-electron chi connectivity index (χ4n) is 3.33. The van der Waals surface area contributed by atoms with Gasteiger partial charge in [0.25, 0.3) is 0 Å². The number of aryl methyl sites for hydroxylation is 3. The molecule has 0 spiro atoms. The average molecular weight is 409 g/mol. The van der Waals surface area contributed by atoms with Crippen LogP contribution in [0.5, 0.6) is 0 Å². The summed E-state index contributed by atoms with van der Waals surface area (Å²) < 4.78 is 0. The van der Waals surface area contributed by atoms with Crippen molar-refractivity contribution in [3.63, 3.8) is 0 Å². The van der Waals surface area contributed by atoms with Gasteiger partial charge in [-0.05, 0) is 62.9 Å². The number of hydrogen-bond acceptors (Lipinski definition) is 3. The summed E-state index contributed by atoms with van der Waals surface area (Å²) in [6.45, 7) is 5.81. The van der Waals surface area contributed by atoms with Gasteiger partial charge in [-0.25, -0.2) is 4.79 Å². The number of hydrogen-bond donors (Lipinski definition) is 3. The number of nitrogens with zero attached hydrogens (tertiary/aromatic N) is 1. The molecule has 1 aliphatic carbocycles. The number of benzene rings is 2. The van der Waals surface area contributed by atoms with Crippen LogP contribution >= 0.6 is 0 Å². The van der Waals surface area contributed by atoms with Crippen molar-refractivity contribution in [3.05, 3.63) is 53.1 Å². The Morgan fingerprint density at radius 1 is 0.933 bits per heavy atom. The van der Waals surface area contributed by atoms with Crippen molar-refractivity contribution in [2.24, 2.45) is 5.92 Å². The Bertz CT molecular complexity index is 959. The first-order chi connectivity index (χ1) is 14.2. The maximum atomic E-state index is 12.5. The number of nitrogens with one attached hydrogen (secondary N) is 3. The van der Waals surface area contributed by atoms with Crippen LogP contribution in [-0.4, -0.2) is 36.3 Å². The summed E-state index contributed by atoms with van der Waals surface area (Å²) in [5.74, 6) is -0.157. The van der Waals surface area contributed by atoms with Gasteiger partial charge in [0.05, 0.1) is 0 Å². The molecule has 7 nitrogen and oxygen atoms in total. The van der Waals surface area contributed by atoms with Crippen LogP contribution in [0.1, 0.15) is 29.5 Å². The largest absolute Gasteiger partial charge is 0.326 e. The molecule has 4 amide bonds. The maximum Gasteiger partial charge on any atom is 0.322 e. The number of carbonyl (C=O) groups excluding carboxylic acids is 3. The van der Waals surface area contributed by atoms with E-state index in [-0.39, 0.29) is 24.3 Å². The number of amides is 4. The normalized spacial score (nSPS) is 12.8. The molecule has 1 fully saturated rings. The highest BCUT2D eigenvalue weighted by Gasteiger charge is 2.29. The Balaban J connectivity index is 1.55. The second kappa shape index (κ2) is 8.98. The summed E-state index contributed by atoms with van der Waals surface area (Å²) in [6, 6.07) is 10.6. The minimum Gasteiger partial charge on any atom is -0.326 e. The molecule has 158 valence electrons. The predicted octanol–water partition coefficient (Wildman–Crippen LogP) is 4.06. The molecule has 3 rings (SSSR count). The molecular formula is C23H28N4O3. The molecule has 0 bridgehead atoms. The summed E-state index contributed by atoms with van der Waals surface area (Å²) in [5, 5.41) is 8.50. The van der Waals surface area contributed by atoms with E-state index in [4.69, 9.17) is 0 Å². The first-order valence-corrected chi connectivity index (χ1v) is 10.0. The molecule has 2 aromatic rings. The highest BCUT2D eigenvalue weighted by molar-refractivity contribution is 5.98. The van der Waals surface area contributed by atoms with Crippen molar-refractivity contribution in [2.75, 3.05) is 29.5 Å². The first-order valence-electron chi connectivity index (χ1n) is 10.0. The molecular weight excluding hydrogens is 380 g/mol. The lowest BCUT2D eigenvalue weighted by atomic mass is 10.1. The van der Waals surface area contributed by atoms with Gasteiger partial charge in [-0.1, -0.05) is 23.8 Å². The van der Waals surface area contributed by atoms with Gasteiger partial charge in [-0.15, -0.1) is 0 Å². The lowest BCUT2D eigenvalue weighted by Gasteiger charge is -2.19. The minimum atomic E-state index is -0.409. The van der Waals surface area contributed by atoms with Gasteiger partial charge < -0.3 is 20.9 Å². The Labute approximate surface area is 176 Å². The Hall–Kier alpha value is -3.35. The van der Waals surface area contributed by atoms with Gasteiger partial charge in [0.15, 0.2) is 0 Å². The fraction of sp³-hybridized carbons (Fsp3) is 0.348. The molecule has 0 aromatic heterocycles. The highest BCUT2D eigenvalue weighted by Crippen LogP contribution is 2.30. The third kappa shape index (κ3) is 5.59. The third-order valence-corrected chi connectivity index (χ3v) is 5.00. The van der Waals surface area contributed by atoms with Crippen LogP contribution in [0.3, 0.4) is 0 Å². The third-order valence-electron chi connectivity index (χ3n) is 5.00. The Kier molecular flexibility index (Phi) is 6.40. The standard InChI is InChI=1S/C23H28N4O3/c1-14-10-15(2)21(16(3)11-14)26-20(28)13-27(4)23(30)25-19-7-5-6-18(12-19)24-22(29)17-8-9-17/h5-7,10-12,17H,8-9,13H2,1-4H3,(H,24,29)(H,25,30)(H,26,28). The lowest BCUT2D eigenvalue weighted by Crippen LogP contribution is -2.37. The quantitative estimate of drug-likeness (QED) is 0.673. The van der Waals surface area contributed by atoms with Gasteiger partial charge in [-0.3, -0.25) is 9.59 Å². The van der Waals surface area contributed by atoms with E-state index in [2.05, 4.69) is 16.0 Å². The summed E-state index contributed by atoms with van der Waals surface area (Å²) >= 11 is 0. The fourth-order valence-corrected chi connectivity index (χ4v) is 3.33. The SMILES string of the molecule is Cc1cc(C)c(NC(=O)CN(C)C(=O)Nc2cccc(NC(=O)C3CC3)c2)c(C)c1. The van der Waals surface area contributed by atoms with Crippen LogP contribution in [0, 0.1) is 26.7 Å². The molecule has 1 saturated carbocycles. The Morgan fingerprint density at radius 3 is 2.13 bits per heavy atom. The van der Waals surface area contributed by atoms with Crippen LogP contribution < -0.4 is 16.0 Å². The van der Waals surface area contributed by atoms with E-state index in [0.717, 1.165) is 35.2 Å². The second-order valence-corrected chi connectivity index (χ2v) is 7.95. The molecule has 0 unspecified atom stereocenters. The average Bonchev–Trinajstić information content (AvgIpc) is 3.50. The van der Waals surface area contributed by atoms with Crippen molar-refractivity contribution in [1.82, 2.24) is 4.90 Å². The molecule has 0 saturated heterocycles. The van der Waals surface area contributed by atoms with Crippen LogP contribution in [-0.2, 0) is 9.59 Å². The van der Waals surface area contributed by atoms with Crippen LogP contribution in [0.15, 0.2) is 36.4 Å². The molecule has 0 heterocycles. The van der Waals surface area contributed by atoms with Crippen molar-refractivity contribution >= 4 is 34.9 Å². The molecule has 2 aromatic carbocycles. The van der Waals surface area contributed by atoms with E-state index in [9.17, 15) is 14.4 Å². The van der Waals surface area contributed by atoms with E-state index >= 15 is 0 Å². The molecule has 30 heavy (non-hydrogen) atoms. The predicted molar refractivity (Wildman–Crippen MR) is 119 cm³/mol. The zero-order valence-corrected chi connectivity index (χ0v) is 17.8.